The minimum Gasteiger partial charge on any atom is -0.336 e. The molecule has 7 nitrogen and oxygen atoms in total. The van der Waals surface area contributed by atoms with E-state index >= 15 is 0 Å². The number of sulfonamides is 1. The van der Waals surface area contributed by atoms with Crippen molar-refractivity contribution in [3.8, 4) is 0 Å². The Labute approximate surface area is 136 Å². The predicted octanol–water partition coefficient (Wildman–Crippen LogP) is 0.196. The van der Waals surface area contributed by atoms with E-state index in [2.05, 4.69) is 0 Å². The highest BCUT2D eigenvalue weighted by Gasteiger charge is 2.38. The molecular weight excluding hydrogens is 340 g/mol. The van der Waals surface area contributed by atoms with E-state index < -0.39 is 25.1 Å². The quantitative estimate of drug-likeness (QED) is 0.748. The zero-order valence-electron chi connectivity index (χ0n) is 13.3. The monoisotopic (exact) mass is 360 g/mol. The highest BCUT2D eigenvalue weighted by molar-refractivity contribution is 7.92. The number of likely N-dealkylation sites (tertiary alicyclic amines) is 1. The van der Waals surface area contributed by atoms with Crippen molar-refractivity contribution in [2.75, 3.05) is 32.9 Å². The van der Waals surface area contributed by atoms with Gasteiger partial charge in [0.1, 0.15) is 0 Å². The average Bonchev–Trinajstić information content (AvgIpc) is 2.45. The third-order valence-corrected chi connectivity index (χ3v) is 7.87. The summed E-state index contributed by atoms with van der Waals surface area (Å²) in [4.78, 5) is 13.8. The molecule has 0 atom stereocenters. The van der Waals surface area contributed by atoms with Gasteiger partial charge in [0.05, 0.1) is 10.1 Å². The number of benzene rings is 1. The molecule has 23 heavy (non-hydrogen) atoms. The van der Waals surface area contributed by atoms with E-state index in [1.165, 1.54) is 43.3 Å². The molecule has 1 saturated heterocycles. The topological polar surface area (TPSA) is 91.8 Å². The summed E-state index contributed by atoms with van der Waals surface area (Å²) in [7, 11) is -3.79. The second-order valence-electron chi connectivity index (χ2n) is 5.60. The molecule has 0 saturated carbocycles. The normalized spacial score (nSPS) is 16.4. The van der Waals surface area contributed by atoms with Gasteiger partial charge in [0.2, 0.25) is 10.0 Å². The maximum atomic E-state index is 12.3. The second-order valence-corrected chi connectivity index (χ2v) is 10.3. The lowest BCUT2D eigenvalue weighted by molar-refractivity contribution is 0.0659. The van der Waals surface area contributed by atoms with Gasteiger partial charge < -0.3 is 4.90 Å². The maximum Gasteiger partial charge on any atom is 0.253 e. The molecule has 1 aliphatic heterocycles. The van der Waals surface area contributed by atoms with Crippen molar-refractivity contribution < 1.29 is 21.6 Å². The van der Waals surface area contributed by atoms with E-state index in [0.717, 1.165) is 4.31 Å². The number of carbonyl (C=O) groups is 1. The van der Waals surface area contributed by atoms with Crippen molar-refractivity contribution in [2.45, 2.75) is 17.1 Å². The fourth-order valence-corrected chi connectivity index (χ4v) is 4.42. The molecule has 1 aromatic rings. The minimum absolute atomic E-state index is 0.0663. The molecule has 0 unspecified atom stereocenters. The minimum atomic E-state index is -3.53. The van der Waals surface area contributed by atoms with Gasteiger partial charge in [-0.1, -0.05) is 6.92 Å². The number of amides is 1. The van der Waals surface area contributed by atoms with Crippen LogP contribution in [0.4, 0.5) is 0 Å². The molecule has 0 N–H and O–H groups in total. The lowest BCUT2D eigenvalue weighted by atomic mass is 10.1. The van der Waals surface area contributed by atoms with E-state index in [-0.39, 0.29) is 29.6 Å². The van der Waals surface area contributed by atoms with Gasteiger partial charge in [0.15, 0.2) is 9.84 Å². The zero-order chi connectivity index (χ0) is 17.4. The van der Waals surface area contributed by atoms with Crippen molar-refractivity contribution in [1.29, 1.82) is 0 Å². The molecule has 2 rings (SSSR count). The molecule has 1 amide bonds. The van der Waals surface area contributed by atoms with Crippen LogP contribution < -0.4 is 0 Å². The van der Waals surface area contributed by atoms with Crippen LogP contribution in [0.15, 0.2) is 29.2 Å². The smallest absolute Gasteiger partial charge is 0.253 e. The van der Waals surface area contributed by atoms with Crippen LogP contribution in [0.25, 0.3) is 0 Å². The Morgan fingerprint density at radius 2 is 1.65 bits per heavy atom. The molecule has 1 aromatic carbocycles. The molecule has 9 heteroatoms. The Hall–Kier alpha value is -1.45. The Morgan fingerprint density at radius 3 is 2.09 bits per heavy atom. The van der Waals surface area contributed by atoms with Crippen molar-refractivity contribution in [3.05, 3.63) is 29.8 Å². The molecule has 0 radical (unpaired) electrons. The van der Waals surface area contributed by atoms with Crippen molar-refractivity contribution in [3.63, 3.8) is 0 Å². The van der Waals surface area contributed by atoms with Gasteiger partial charge in [-0.15, -0.1) is 0 Å². The van der Waals surface area contributed by atoms with E-state index in [0.29, 0.717) is 5.56 Å². The third-order valence-electron chi connectivity index (χ3n) is 3.93. The van der Waals surface area contributed by atoms with E-state index in [9.17, 15) is 21.6 Å². The molecule has 1 fully saturated rings. The first-order valence-electron chi connectivity index (χ1n) is 7.13. The maximum absolute atomic E-state index is 12.3. The van der Waals surface area contributed by atoms with Gasteiger partial charge in [-0.05, 0) is 24.3 Å². The SMILES string of the molecule is CCS(=O)(=O)C1CN(C(=O)c2ccc(S(=O)(=O)N(C)C)cc2)C1. The van der Waals surface area contributed by atoms with Crippen LogP contribution in [-0.4, -0.2) is 70.1 Å². The van der Waals surface area contributed by atoms with Crippen molar-refractivity contribution in [1.82, 2.24) is 9.21 Å². The summed E-state index contributed by atoms with van der Waals surface area (Å²) < 4.78 is 48.4. The van der Waals surface area contributed by atoms with Crippen molar-refractivity contribution >= 4 is 25.8 Å². The van der Waals surface area contributed by atoms with Crippen LogP contribution >= 0.6 is 0 Å². The lowest BCUT2D eigenvalue weighted by Gasteiger charge is -2.38. The first-order chi connectivity index (χ1) is 10.6. The number of nitrogens with zero attached hydrogens (tertiary/aromatic N) is 2. The van der Waals surface area contributed by atoms with E-state index in [1.807, 2.05) is 0 Å². The summed E-state index contributed by atoms with van der Waals surface area (Å²) in [5, 5.41) is -0.496. The summed E-state index contributed by atoms with van der Waals surface area (Å²) >= 11 is 0. The number of carbonyl (C=O) groups excluding carboxylic acids is 1. The standard InChI is InChI=1S/C14H20N2O5S2/c1-4-22(18,19)13-9-16(10-13)14(17)11-5-7-12(8-6-11)23(20,21)15(2)3/h5-8,13H,4,9-10H2,1-3H3. The number of hydrogen-bond acceptors (Lipinski definition) is 5. The summed E-state index contributed by atoms with van der Waals surface area (Å²) in [5.74, 6) is -0.224. The lowest BCUT2D eigenvalue weighted by Crippen LogP contribution is -2.57. The zero-order valence-corrected chi connectivity index (χ0v) is 14.9. The van der Waals surface area contributed by atoms with Crippen molar-refractivity contribution in [2.24, 2.45) is 0 Å². The molecule has 0 spiro atoms. The van der Waals surface area contributed by atoms with Crippen LogP contribution in [0.1, 0.15) is 17.3 Å². The predicted molar refractivity (Wildman–Crippen MR) is 86.5 cm³/mol. The highest BCUT2D eigenvalue weighted by Crippen LogP contribution is 2.21. The van der Waals surface area contributed by atoms with Crippen LogP contribution in [-0.2, 0) is 19.9 Å². The molecule has 0 bridgehead atoms. The molecule has 128 valence electrons. The van der Waals surface area contributed by atoms with Crippen LogP contribution in [0.2, 0.25) is 0 Å². The van der Waals surface area contributed by atoms with Crippen LogP contribution in [0.3, 0.4) is 0 Å². The van der Waals surface area contributed by atoms with Gasteiger partial charge in [0, 0.05) is 38.5 Å². The van der Waals surface area contributed by atoms with E-state index in [4.69, 9.17) is 0 Å². The summed E-state index contributed by atoms with van der Waals surface area (Å²) in [6, 6.07) is 5.64. The fraction of sp³-hybridized carbons (Fsp3) is 0.500. The molecule has 1 heterocycles. The Kier molecular flexibility index (Phi) is 4.84. The first-order valence-corrected chi connectivity index (χ1v) is 10.3. The fourth-order valence-electron chi connectivity index (χ4n) is 2.23. The van der Waals surface area contributed by atoms with Gasteiger partial charge in [-0.25, -0.2) is 21.1 Å². The first kappa shape index (κ1) is 17.9. The largest absolute Gasteiger partial charge is 0.336 e. The van der Waals surface area contributed by atoms with Gasteiger partial charge in [0.25, 0.3) is 5.91 Å². The summed E-state index contributed by atoms with van der Waals surface area (Å²) in [6.07, 6.45) is 0. The molecular formula is C14H20N2O5S2. The van der Waals surface area contributed by atoms with Gasteiger partial charge >= 0.3 is 0 Å². The third kappa shape index (κ3) is 3.41. The average molecular weight is 360 g/mol. The molecule has 1 aliphatic rings. The number of sulfone groups is 1. The van der Waals surface area contributed by atoms with Gasteiger partial charge in [-0.3, -0.25) is 4.79 Å². The Bertz CT molecular complexity index is 792. The van der Waals surface area contributed by atoms with E-state index in [1.54, 1.807) is 6.92 Å². The number of hydrogen-bond donors (Lipinski definition) is 0. The van der Waals surface area contributed by atoms with Crippen LogP contribution in [0, 0.1) is 0 Å². The number of rotatable bonds is 5. The summed E-state index contributed by atoms with van der Waals surface area (Å²) in [5.41, 5.74) is 0.343. The molecule has 0 aliphatic carbocycles. The van der Waals surface area contributed by atoms with Crippen LogP contribution in [0.5, 0.6) is 0 Å². The molecule has 0 aromatic heterocycles. The Balaban J connectivity index is 2.09. The summed E-state index contributed by atoms with van der Waals surface area (Å²) in [6.45, 7) is 1.96. The Morgan fingerprint density at radius 1 is 1.13 bits per heavy atom. The highest BCUT2D eigenvalue weighted by atomic mass is 32.2. The van der Waals surface area contributed by atoms with Gasteiger partial charge in [-0.2, -0.15) is 0 Å². The second kappa shape index (κ2) is 6.21.